The summed E-state index contributed by atoms with van der Waals surface area (Å²) in [6, 6.07) is 6.82. The minimum atomic E-state index is -1.09. The minimum absolute atomic E-state index is 0.107. The Bertz CT molecular complexity index is 1080. The van der Waals surface area contributed by atoms with E-state index in [1.807, 2.05) is 13.0 Å². The molecule has 1 aliphatic carbocycles. The number of hydrogen-bond donors (Lipinski definition) is 2. The number of anilines is 1. The van der Waals surface area contributed by atoms with Crippen molar-refractivity contribution < 1.29 is 14.4 Å². The third kappa shape index (κ3) is 4.11. The standard InChI is InChI=1S/C23H28ClN5O3/c1-14-9-10-16(11-17(14)24)25-20(30)18-12-19-21(31)28(3)23(2,13-29(19)27-18)22(32)26-15-7-5-4-6-8-15/h9-12,15H,4-8,13H2,1-3H3,(H,25,30)(H,26,32)/t23-/m1/s1. The zero-order valence-electron chi connectivity index (χ0n) is 18.6. The first-order valence-electron chi connectivity index (χ1n) is 10.9. The van der Waals surface area contributed by atoms with Crippen molar-refractivity contribution in [3.8, 4) is 0 Å². The average Bonchev–Trinajstić information content (AvgIpc) is 3.19. The van der Waals surface area contributed by atoms with Crippen LogP contribution in [0.15, 0.2) is 24.3 Å². The lowest BCUT2D eigenvalue weighted by molar-refractivity contribution is -0.133. The van der Waals surface area contributed by atoms with Crippen LogP contribution in [0.1, 0.15) is 65.6 Å². The molecule has 2 aromatic rings. The first-order chi connectivity index (χ1) is 15.2. The van der Waals surface area contributed by atoms with Crippen molar-refractivity contribution in [2.45, 2.75) is 64.1 Å². The van der Waals surface area contributed by atoms with Crippen molar-refractivity contribution in [1.29, 1.82) is 0 Å². The summed E-state index contributed by atoms with van der Waals surface area (Å²) in [6.07, 6.45) is 5.31. The molecule has 2 N–H and O–H groups in total. The molecule has 1 fully saturated rings. The van der Waals surface area contributed by atoms with E-state index in [2.05, 4.69) is 15.7 Å². The predicted molar refractivity (Wildman–Crippen MR) is 122 cm³/mol. The Labute approximate surface area is 192 Å². The lowest BCUT2D eigenvalue weighted by Gasteiger charge is -2.41. The third-order valence-corrected chi connectivity index (χ3v) is 7.00. The number of nitrogens with one attached hydrogen (secondary N) is 2. The SMILES string of the molecule is Cc1ccc(NC(=O)c2cc3n(n2)C[C@](C)(C(=O)NC2CCCCC2)N(C)C3=O)cc1Cl. The summed E-state index contributed by atoms with van der Waals surface area (Å²) in [6.45, 7) is 3.79. The number of amides is 3. The van der Waals surface area contributed by atoms with E-state index in [-0.39, 0.29) is 35.8 Å². The fourth-order valence-electron chi connectivity index (χ4n) is 4.29. The highest BCUT2D eigenvalue weighted by Crippen LogP contribution is 2.28. The molecule has 170 valence electrons. The summed E-state index contributed by atoms with van der Waals surface area (Å²) in [4.78, 5) is 40.4. The number of aromatic nitrogens is 2. The molecule has 8 nitrogen and oxygen atoms in total. The van der Waals surface area contributed by atoms with Crippen molar-refractivity contribution >= 4 is 35.0 Å². The lowest BCUT2D eigenvalue weighted by Crippen LogP contribution is -2.63. The second-order valence-electron chi connectivity index (χ2n) is 8.94. The Kier molecular flexibility index (Phi) is 5.99. The van der Waals surface area contributed by atoms with Gasteiger partial charge in [-0.15, -0.1) is 0 Å². The van der Waals surface area contributed by atoms with E-state index in [4.69, 9.17) is 11.6 Å². The van der Waals surface area contributed by atoms with Gasteiger partial charge in [-0.05, 0) is 44.4 Å². The lowest BCUT2D eigenvalue weighted by atomic mass is 9.92. The summed E-state index contributed by atoms with van der Waals surface area (Å²) in [5.41, 5.74) is 0.738. The second-order valence-corrected chi connectivity index (χ2v) is 9.34. The number of rotatable bonds is 4. The quantitative estimate of drug-likeness (QED) is 0.735. The van der Waals surface area contributed by atoms with Gasteiger partial charge in [-0.1, -0.05) is 36.9 Å². The molecule has 1 aromatic heterocycles. The topological polar surface area (TPSA) is 96.3 Å². The molecule has 32 heavy (non-hydrogen) atoms. The third-order valence-electron chi connectivity index (χ3n) is 6.59. The molecule has 1 saturated carbocycles. The maximum atomic E-state index is 13.2. The van der Waals surface area contributed by atoms with E-state index < -0.39 is 11.4 Å². The number of carbonyl (C=O) groups excluding carboxylic acids is 3. The summed E-state index contributed by atoms with van der Waals surface area (Å²) >= 11 is 6.13. The molecular weight excluding hydrogens is 430 g/mol. The molecule has 0 saturated heterocycles. The first kappa shape index (κ1) is 22.3. The predicted octanol–water partition coefficient (Wildman–Crippen LogP) is 3.39. The smallest absolute Gasteiger partial charge is 0.276 e. The number of fused-ring (bicyclic) bond motifs is 1. The molecule has 0 unspecified atom stereocenters. The van der Waals surface area contributed by atoms with Crippen LogP contribution in [-0.2, 0) is 11.3 Å². The monoisotopic (exact) mass is 457 g/mol. The van der Waals surface area contributed by atoms with Crippen LogP contribution in [0.4, 0.5) is 5.69 Å². The molecule has 9 heteroatoms. The second kappa shape index (κ2) is 8.58. The van der Waals surface area contributed by atoms with Gasteiger partial charge in [0.2, 0.25) is 5.91 Å². The Balaban J connectivity index is 1.53. The molecule has 0 radical (unpaired) electrons. The van der Waals surface area contributed by atoms with Gasteiger partial charge in [0.1, 0.15) is 11.2 Å². The normalized spacial score (nSPS) is 21.2. The van der Waals surface area contributed by atoms with Gasteiger partial charge in [0, 0.05) is 29.9 Å². The summed E-state index contributed by atoms with van der Waals surface area (Å²) in [5.74, 6) is -0.986. The zero-order valence-corrected chi connectivity index (χ0v) is 19.3. The number of likely N-dealkylation sites (N-methyl/N-ethyl adjacent to an activating group) is 1. The number of carbonyl (C=O) groups is 3. The largest absolute Gasteiger partial charge is 0.351 e. The van der Waals surface area contributed by atoms with E-state index in [1.165, 1.54) is 22.1 Å². The van der Waals surface area contributed by atoms with E-state index >= 15 is 0 Å². The Morgan fingerprint density at radius 2 is 1.91 bits per heavy atom. The Morgan fingerprint density at radius 1 is 1.19 bits per heavy atom. The molecule has 0 bridgehead atoms. The summed E-state index contributed by atoms with van der Waals surface area (Å²) < 4.78 is 1.46. The highest BCUT2D eigenvalue weighted by atomic mass is 35.5. The Hall–Kier alpha value is -2.87. The number of hydrogen-bond acceptors (Lipinski definition) is 4. The van der Waals surface area contributed by atoms with Crippen molar-refractivity contribution in [1.82, 2.24) is 20.0 Å². The van der Waals surface area contributed by atoms with Crippen LogP contribution in [0.2, 0.25) is 5.02 Å². The fourth-order valence-corrected chi connectivity index (χ4v) is 4.47. The highest BCUT2D eigenvalue weighted by Gasteiger charge is 2.46. The van der Waals surface area contributed by atoms with Crippen LogP contribution in [0, 0.1) is 6.92 Å². The van der Waals surface area contributed by atoms with Crippen molar-refractivity contribution in [3.63, 3.8) is 0 Å². The van der Waals surface area contributed by atoms with Gasteiger partial charge in [-0.2, -0.15) is 5.10 Å². The number of halogens is 1. The van der Waals surface area contributed by atoms with Crippen LogP contribution < -0.4 is 10.6 Å². The van der Waals surface area contributed by atoms with Gasteiger partial charge >= 0.3 is 0 Å². The molecule has 2 aliphatic rings. The van der Waals surface area contributed by atoms with Gasteiger partial charge < -0.3 is 15.5 Å². The van der Waals surface area contributed by atoms with E-state index in [9.17, 15) is 14.4 Å². The fraction of sp³-hybridized carbons (Fsp3) is 0.478. The number of benzene rings is 1. The van der Waals surface area contributed by atoms with Crippen LogP contribution in [-0.4, -0.2) is 51.0 Å². The molecule has 3 amide bonds. The molecule has 1 aromatic carbocycles. The maximum Gasteiger partial charge on any atom is 0.276 e. The van der Waals surface area contributed by atoms with Gasteiger partial charge in [-0.25, -0.2) is 0 Å². The van der Waals surface area contributed by atoms with E-state index in [0.29, 0.717) is 10.7 Å². The number of aryl methyl sites for hydroxylation is 1. The highest BCUT2D eigenvalue weighted by molar-refractivity contribution is 6.31. The molecule has 1 atom stereocenters. The molecule has 4 rings (SSSR count). The van der Waals surface area contributed by atoms with Crippen LogP contribution in [0.25, 0.3) is 0 Å². The first-order valence-corrected chi connectivity index (χ1v) is 11.3. The van der Waals surface area contributed by atoms with E-state index in [0.717, 1.165) is 31.2 Å². The van der Waals surface area contributed by atoms with Gasteiger partial charge in [0.15, 0.2) is 5.69 Å². The molecule has 2 heterocycles. The number of nitrogens with zero attached hydrogens (tertiary/aromatic N) is 3. The van der Waals surface area contributed by atoms with E-state index in [1.54, 1.807) is 26.1 Å². The summed E-state index contributed by atoms with van der Waals surface area (Å²) in [7, 11) is 1.62. The molecular formula is C23H28ClN5O3. The van der Waals surface area contributed by atoms with Crippen LogP contribution >= 0.6 is 11.6 Å². The van der Waals surface area contributed by atoms with Crippen LogP contribution in [0.5, 0.6) is 0 Å². The molecule has 1 aliphatic heterocycles. The van der Waals surface area contributed by atoms with Gasteiger partial charge in [0.25, 0.3) is 11.8 Å². The van der Waals surface area contributed by atoms with Gasteiger partial charge in [0.05, 0.1) is 6.54 Å². The maximum absolute atomic E-state index is 13.2. The minimum Gasteiger partial charge on any atom is -0.351 e. The van der Waals surface area contributed by atoms with Crippen LogP contribution in [0.3, 0.4) is 0 Å². The Morgan fingerprint density at radius 3 is 2.59 bits per heavy atom. The summed E-state index contributed by atoms with van der Waals surface area (Å²) in [5, 5.41) is 10.8. The van der Waals surface area contributed by atoms with Gasteiger partial charge in [-0.3, -0.25) is 19.1 Å². The average molecular weight is 458 g/mol. The molecule has 0 spiro atoms. The van der Waals surface area contributed by atoms with Crippen molar-refractivity contribution in [2.24, 2.45) is 0 Å². The van der Waals surface area contributed by atoms with Crippen molar-refractivity contribution in [2.75, 3.05) is 12.4 Å². The van der Waals surface area contributed by atoms with Crippen molar-refractivity contribution in [3.05, 3.63) is 46.2 Å². The zero-order chi connectivity index (χ0) is 23.0.